The largest absolute Gasteiger partial charge is 0.288 e. The third-order valence-corrected chi connectivity index (χ3v) is 2.69. The minimum Gasteiger partial charge on any atom is -0.288 e. The molecule has 0 amide bonds. The number of carbonyl (C=O) groups is 1. The Morgan fingerprint density at radius 3 is 2.45 bits per heavy atom. The molecule has 0 aliphatic heterocycles. The Kier molecular flexibility index (Phi) is 5.13. The molecule has 5 nitrogen and oxygen atoms in total. The third kappa shape index (κ3) is 6.66. The summed E-state index contributed by atoms with van der Waals surface area (Å²) < 4.78 is 21.2. The molecule has 0 radical (unpaired) electrons. The molecule has 0 aromatic rings. The maximum atomic E-state index is 10.6. The fourth-order valence-electron chi connectivity index (χ4n) is 0.460. The average molecular weight is 292 g/mol. The van der Waals surface area contributed by atoms with Crippen molar-refractivity contribution in [2.24, 2.45) is 5.84 Å². The summed E-state index contributed by atoms with van der Waals surface area (Å²) in [7, 11) is -3.34. The van der Waals surface area contributed by atoms with Gasteiger partial charge in [-0.1, -0.05) is 0 Å². The number of nitrogens with one attached hydrogen (secondary N) is 1. The number of hydrazine groups is 1. The van der Waals surface area contributed by atoms with E-state index in [1.165, 1.54) is 0 Å². The van der Waals surface area contributed by atoms with Crippen LogP contribution in [0.25, 0.3) is 0 Å². The first-order valence-corrected chi connectivity index (χ1v) is 5.59. The summed E-state index contributed by atoms with van der Waals surface area (Å²) in [5.41, 5.74) is 0. The Hall–Kier alpha value is 0.270. The maximum Gasteiger partial charge on any atom is 0.224 e. The summed E-state index contributed by atoms with van der Waals surface area (Å²) in [6.07, 6.45) is 0.579. The van der Waals surface area contributed by atoms with Gasteiger partial charge in [-0.3, -0.25) is 10.6 Å². The van der Waals surface area contributed by atoms with Gasteiger partial charge in [0.05, 0.1) is 5.75 Å². The second-order valence-corrected chi connectivity index (χ2v) is 4.97. The second kappa shape index (κ2) is 5.01. The molecule has 0 aliphatic carbocycles. The van der Waals surface area contributed by atoms with E-state index in [1.807, 2.05) is 0 Å². The first kappa shape index (κ1) is 11.3. The molecule has 0 saturated heterocycles. The first-order chi connectivity index (χ1) is 4.98. The average Bonchev–Trinajstić information content (AvgIpc) is 1.87. The van der Waals surface area contributed by atoms with Gasteiger partial charge in [0.1, 0.15) is 0 Å². The van der Waals surface area contributed by atoms with Crippen LogP contribution in [0.1, 0.15) is 12.8 Å². The molecule has 0 saturated carbocycles. The molecular formula is C4H9IN2O3S. The zero-order valence-electron chi connectivity index (χ0n) is 5.71. The Bertz CT molecular complexity index is 225. The fraction of sp³-hybridized carbons (Fsp3) is 0.750. The van der Waals surface area contributed by atoms with Crippen molar-refractivity contribution >= 4 is 36.4 Å². The van der Waals surface area contributed by atoms with Crippen molar-refractivity contribution in [1.82, 2.24) is 4.83 Å². The topological polar surface area (TPSA) is 89.3 Å². The van der Waals surface area contributed by atoms with Crippen LogP contribution in [-0.4, -0.2) is 18.0 Å². The van der Waals surface area contributed by atoms with E-state index in [0.717, 1.165) is 0 Å². The number of carbonyl (C=O) groups excluding carboxylic acids is 1. The van der Waals surface area contributed by atoms with Crippen LogP contribution in [0.5, 0.6) is 0 Å². The summed E-state index contributed by atoms with van der Waals surface area (Å²) in [6, 6.07) is 0. The van der Waals surface area contributed by atoms with E-state index in [4.69, 9.17) is 5.84 Å². The van der Waals surface area contributed by atoms with Crippen molar-refractivity contribution in [2.45, 2.75) is 12.8 Å². The van der Waals surface area contributed by atoms with E-state index >= 15 is 0 Å². The van der Waals surface area contributed by atoms with E-state index in [9.17, 15) is 13.2 Å². The minimum absolute atomic E-state index is 0.0465. The molecule has 11 heavy (non-hydrogen) atoms. The number of nitrogens with two attached hydrogens (primary N) is 1. The minimum atomic E-state index is -3.34. The zero-order chi connectivity index (χ0) is 8.91. The summed E-state index contributed by atoms with van der Waals surface area (Å²) in [4.78, 5) is 12.0. The first-order valence-electron chi connectivity index (χ1n) is 2.86. The van der Waals surface area contributed by atoms with E-state index in [0.29, 0.717) is 6.42 Å². The summed E-state index contributed by atoms with van der Waals surface area (Å²) in [5, 5.41) is 0. The van der Waals surface area contributed by atoms with Gasteiger partial charge in [0.15, 0.2) is 3.79 Å². The summed E-state index contributed by atoms with van der Waals surface area (Å²) >= 11 is 1.62. The predicted molar refractivity (Wildman–Crippen MR) is 49.4 cm³/mol. The van der Waals surface area contributed by atoms with Crippen LogP contribution in [0.2, 0.25) is 0 Å². The Labute approximate surface area is 78.9 Å². The number of hydrogen-bond acceptors (Lipinski definition) is 4. The van der Waals surface area contributed by atoms with Crippen LogP contribution in [0.4, 0.5) is 0 Å². The molecular weight excluding hydrogens is 283 g/mol. The lowest BCUT2D eigenvalue weighted by atomic mass is 10.4. The van der Waals surface area contributed by atoms with Gasteiger partial charge in [-0.25, -0.2) is 8.42 Å². The fourth-order valence-corrected chi connectivity index (χ4v) is 1.48. The molecule has 0 spiro atoms. The van der Waals surface area contributed by atoms with Gasteiger partial charge in [0.2, 0.25) is 10.0 Å². The molecule has 0 aromatic carbocycles. The highest BCUT2D eigenvalue weighted by Crippen LogP contribution is 1.99. The summed E-state index contributed by atoms with van der Waals surface area (Å²) in [6.45, 7) is 0. The standard InChI is InChI=1S/C4H9IN2O3S/c5-4(8)2-1-3-11(9,10)7-6/h7H,1-3,6H2. The van der Waals surface area contributed by atoms with Crippen molar-refractivity contribution in [3.8, 4) is 0 Å². The smallest absolute Gasteiger partial charge is 0.224 e. The van der Waals surface area contributed by atoms with Crippen molar-refractivity contribution in [1.29, 1.82) is 0 Å². The highest BCUT2D eigenvalue weighted by molar-refractivity contribution is 14.1. The summed E-state index contributed by atoms with van der Waals surface area (Å²) in [5.74, 6) is 4.60. The van der Waals surface area contributed by atoms with Gasteiger partial charge in [-0.2, -0.15) is 4.83 Å². The van der Waals surface area contributed by atoms with Crippen molar-refractivity contribution in [3.05, 3.63) is 0 Å². The van der Waals surface area contributed by atoms with E-state index in [2.05, 4.69) is 0 Å². The number of hydrogen-bond donors (Lipinski definition) is 2. The second-order valence-electron chi connectivity index (χ2n) is 1.90. The molecule has 0 unspecified atom stereocenters. The van der Waals surface area contributed by atoms with Gasteiger partial charge in [0.25, 0.3) is 0 Å². The van der Waals surface area contributed by atoms with Crippen LogP contribution >= 0.6 is 22.6 Å². The highest BCUT2D eigenvalue weighted by atomic mass is 127. The SMILES string of the molecule is NNS(=O)(=O)CCCC(=O)I. The van der Waals surface area contributed by atoms with E-state index < -0.39 is 10.0 Å². The molecule has 0 atom stereocenters. The van der Waals surface area contributed by atoms with Gasteiger partial charge in [-0.05, 0) is 29.0 Å². The number of sulfonamides is 1. The zero-order valence-corrected chi connectivity index (χ0v) is 8.68. The van der Waals surface area contributed by atoms with Crippen LogP contribution in [0, 0.1) is 0 Å². The number of rotatable bonds is 5. The number of halogens is 1. The normalized spacial score (nSPS) is 11.5. The quantitative estimate of drug-likeness (QED) is 0.310. The lowest BCUT2D eigenvalue weighted by molar-refractivity contribution is -0.109. The lowest BCUT2D eigenvalue weighted by Gasteiger charge is -1.98. The molecule has 66 valence electrons. The van der Waals surface area contributed by atoms with Gasteiger partial charge in [-0.15, -0.1) is 0 Å². The van der Waals surface area contributed by atoms with Crippen molar-refractivity contribution in [2.75, 3.05) is 5.75 Å². The van der Waals surface area contributed by atoms with Crippen LogP contribution in [-0.2, 0) is 14.8 Å². The van der Waals surface area contributed by atoms with Gasteiger partial charge < -0.3 is 0 Å². The van der Waals surface area contributed by atoms with Crippen LogP contribution in [0.3, 0.4) is 0 Å². The molecule has 0 fully saturated rings. The predicted octanol–water partition coefficient (Wildman–Crippen LogP) is -0.479. The monoisotopic (exact) mass is 292 g/mol. The molecule has 0 heterocycles. The Morgan fingerprint density at radius 2 is 2.09 bits per heavy atom. The lowest BCUT2D eigenvalue weighted by Crippen LogP contribution is -2.32. The van der Waals surface area contributed by atoms with E-state index in [-0.39, 0.29) is 16.0 Å². The van der Waals surface area contributed by atoms with Crippen molar-refractivity contribution < 1.29 is 13.2 Å². The van der Waals surface area contributed by atoms with Gasteiger partial charge in [0, 0.05) is 6.42 Å². The Morgan fingerprint density at radius 1 is 1.55 bits per heavy atom. The van der Waals surface area contributed by atoms with Crippen LogP contribution < -0.4 is 10.7 Å². The van der Waals surface area contributed by atoms with Crippen LogP contribution in [0.15, 0.2) is 0 Å². The van der Waals surface area contributed by atoms with E-state index in [1.54, 1.807) is 27.4 Å². The molecule has 0 aromatic heterocycles. The molecule has 0 aliphatic rings. The molecule has 0 bridgehead atoms. The molecule has 0 rings (SSSR count). The maximum absolute atomic E-state index is 10.6. The van der Waals surface area contributed by atoms with Gasteiger partial charge >= 0.3 is 0 Å². The Balaban J connectivity index is 3.63. The van der Waals surface area contributed by atoms with Crippen molar-refractivity contribution in [3.63, 3.8) is 0 Å². The highest BCUT2D eigenvalue weighted by Gasteiger charge is 2.07. The third-order valence-electron chi connectivity index (χ3n) is 0.966. The molecule has 3 N–H and O–H groups in total. The molecule has 7 heteroatoms.